The van der Waals surface area contributed by atoms with Gasteiger partial charge in [-0.1, -0.05) is 19.4 Å². The van der Waals surface area contributed by atoms with E-state index in [4.69, 9.17) is 25.0 Å². The number of halogens is 2. The van der Waals surface area contributed by atoms with Crippen molar-refractivity contribution in [2.45, 2.75) is 24.8 Å². The lowest BCUT2D eigenvalue weighted by Gasteiger charge is -2.39. The van der Waals surface area contributed by atoms with Gasteiger partial charge in [-0.3, -0.25) is 9.48 Å². The highest BCUT2D eigenvalue weighted by atomic mass is 19.1. The van der Waals surface area contributed by atoms with Crippen LogP contribution in [0.3, 0.4) is 0 Å². The molecule has 0 radical (unpaired) electrons. The second kappa shape index (κ2) is 9.61. The van der Waals surface area contributed by atoms with Gasteiger partial charge in [-0.05, 0) is 18.4 Å². The summed E-state index contributed by atoms with van der Waals surface area (Å²) in [7, 11) is 2.53. The summed E-state index contributed by atoms with van der Waals surface area (Å²) < 4.78 is 47.3. The van der Waals surface area contributed by atoms with E-state index < -0.39 is 17.2 Å². The first-order valence-electron chi connectivity index (χ1n) is 12.0. The highest BCUT2D eigenvalue weighted by Gasteiger charge is 2.40. The Labute approximate surface area is 218 Å². The minimum Gasteiger partial charge on any atom is -0.493 e. The van der Waals surface area contributed by atoms with E-state index in [0.29, 0.717) is 38.1 Å². The van der Waals surface area contributed by atoms with Crippen LogP contribution in [0.5, 0.6) is 11.5 Å². The van der Waals surface area contributed by atoms with Crippen LogP contribution < -0.4 is 15.2 Å². The number of pyridine rings is 1. The molecule has 2 fully saturated rings. The van der Waals surface area contributed by atoms with Gasteiger partial charge in [0.25, 0.3) is 0 Å². The fourth-order valence-corrected chi connectivity index (χ4v) is 4.94. The Balaban J connectivity index is 1.70. The Bertz CT molecular complexity index is 1490. The van der Waals surface area contributed by atoms with Gasteiger partial charge in [0.15, 0.2) is 23.1 Å². The van der Waals surface area contributed by atoms with Crippen molar-refractivity contribution in [1.29, 1.82) is 0 Å². The summed E-state index contributed by atoms with van der Waals surface area (Å²) in [6, 6.07) is 0.943. The van der Waals surface area contributed by atoms with E-state index in [9.17, 15) is 13.6 Å². The highest BCUT2D eigenvalue weighted by Crippen LogP contribution is 2.40. The van der Waals surface area contributed by atoms with Crippen LogP contribution in [0.15, 0.2) is 24.9 Å². The number of rotatable bonds is 5. The molecule has 0 spiro atoms. The fraction of sp³-hybridized carbons (Fsp3) is 0.370. The number of benzene rings is 1. The number of aromatic nitrogens is 3. The Hall–Kier alpha value is -4.17. The molecule has 2 saturated heterocycles. The molecule has 2 aliphatic rings. The second-order valence-corrected chi connectivity index (χ2v) is 9.59. The smallest absolute Gasteiger partial charge is 0.246 e. The van der Waals surface area contributed by atoms with Crippen molar-refractivity contribution in [3.63, 3.8) is 0 Å². The second-order valence-electron chi connectivity index (χ2n) is 9.59. The van der Waals surface area contributed by atoms with Gasteiger partial charge in [-0.25, -0.2) is 13.8 Å². The maximum absolute atomic E-state index is 15.0. The maximum atomic E-state index is 15.0. The molecule has 1 amide bonds. The van der Waals surface area contributed by atoms with Crippen molar-refractivity contribution < 1.29 is 27.8 Å². The number of amides is 1. The molecule has 2 aromatic heterocycles. The van der Waals surface area contributed by atoms with Crippen molar-refractivity contribution in [1.82, 2.24) is 19.7 Å². The first kappa shape index (κ1) is 25.5. The number of carbonyl (C=O) groups is 1. The maximum Gasteiger partial charge on any atom is 0.246 e. The van der Waals surface area contributed by atoms with Crippen LogP contribution in [0.1, 0.15) is 36.2 Å². The lowest BCUT2D eigenvalue weighted by molar-refractivity contribution is -0.125. The first-order chi connectivity index (χ1) is 18.2. The van der Waals surface area contributed by atoms with E-state index in [2.05, 4.69) is 30.3 Å². The van der Waals surface area contributed by atoms with Crippen LogP contribution in [-0.4, -0.2) is 66.1 Å². The average molecular weight is 524 g/mol. The molecular weight excluding hydrogens is 496 g/mol. The molecule has 11 heteroatoms. The number of methoxy groups -OCH3 is 2. The first-order valence-corrected chi connectivity index (χ1v) is 12.0. The number of hydrogen-bond donors (Lipinski definition) is 1. The number of likely N-dealkylation sites (tertiary alicyclic amines) is 1. The van der Waals surface area contributed by atoms with Gasteiger partial charge in [0.1, 0.15) is 17.1 Å². The van der Waals surface area contributed by atoms with Crippen LogP contribution in [0.25, 0.3) is 10.9 Å². The molecule has 3 aromatic rings. The summed E-state index contributed by atoms with van der Waals surface area (Å²) in [6.45, 7) is 7.57. The molecule has 2 aliphatic heterocycles. The number of carbonyl (C=O) groups excluding carboxylic acids is 1. The zero-order chi connectivity index (χ0) is 27.2. The van der Waals surface area contributed by atoms with Crippen molar-refractivity contribution in [2.75, 3.05) is 46.3 Å². The average Bonchev–Trinajstić information content (AvgIpc) is 3.53. The summed E-state index contributed by atoms with van der Waals surface area (Å²) in [5.74, 6) is 3.08. The van der Waals surface area contributed by atoms with Gasteiger partial charge in [-0.2, -0.15) is 5.10 Å². The topological polar surface area (TPSA) is 105 Å². The molecule has 38 heavy (non-hydrogen) atoms. The molecule has 2 N–H and O–H groups in total. The van der Waals surface area contributed by atoms with Gasteiger partial charge in [0.2, 0.25) is 5.91 Å². The standard InChI is InChI=1S/C27H27F2N5O4/c1-5-21(35)33-9-8-15(12-33)34-25-17(27(2)13-38-14-27)11-31-26(30)22(25)18(32-34)7-6-16-23(28)19(36-3)10-20(37-4)24(16)29/h5,10-11,15H,1,8-9,12-14H2,2-4H3,(H2,30,31)/t15-/m0/s1. The Kier molecular flexibility index (Phi) is 6.44. The molecule has 0 unspecified atom stereocenters. The van der Waals surface area contributed by atoms with E-state index >= 15 is 0 Å². The Morgan fingerprint density at radius 2 is 1.95 bits per heavy atom. The Morgan fingerprint density at radius 3 is 2.53 bits per heavy atom. The van der Waals surface area contributed by atoms with Crippen LogP contribution >= 0.6 is 0 Å². The largest absolute Gasteiger partial charge is 0.493 e. The SMILES string of the molecule is C=CC(=O)N1CC[C@H](n2nc(C#Cc3c(F)c(OC)cc(OC)c3F)c3c(N)ncc(C4(C)COC4)c32)C1. The summed E-state index contributed by atoms with van der Waals surface area (Å²) in [4.78, 5) is 18.3. The molecule has 0 saturated carbocycles. The molecule has 9 nitrogen and oxygen atoms in total. The third kappa shape index (κ3) is 4.01. The van der Waals surface area contributed by atoms with Crippen molar-refractivity contribution in [2.24, 2.45) is 0 Å². The lowest BCUT2D eigenvalue weighted by atomic mass is 9.80. The van der Waals surface area contributed by atoms with Gasteiger partial charge < -0.3 is 24.8 Å². The van der Waals surface area contributed by atoms with E-state index in [1.807, 2.05) is 4.68 Å². The summed E-state index contributed by atoms with van der Waals surface area (Å²) in [5, 5.41) is 5.23. The summed E-state index contributed by atoms with van der Waals surface area (Å²) in [6.07, 6.45) is 3.64. The molecule has 4 heterocycles. The molecule has 198 valence electrons. The van der Waals surface area contributed by atoms with Crippen molar-refractivity contribution in [3.8, 4) is 23.3 Å². The summed E-state index contributed by atoms with van der Waals surface area (Å²) >= 11 is 0. The number of nitrogen functional groups attached to an aromatic ring is 1. The van der Waals surface area contributed by atoms with Crippen molar-refractivity contribution in [3.05, 3.63) is 53.4 Å². The fourth-order valence-electron chi connectivity index (χ4n) is 4.94. The van der Waals surface area contributed by atoms with Crippen molar-refractivity contribution >= 4 is 22.6 Å². The zero-order valence-corrected chi connectivity index (χ0v) is 21.3. The molecule has 0 aliphatic carbocycles. The molecule has 5 rings (SSSR count). The van der Waals surface area contributed by atoms with Crippen LogP contribution in [0.2, 0.25) is 0 Å². The molecular formula is C27H27F2N5O4. The number of nitrogens with two attached hydrogens (primary N) is 1. The van der Waals surface area contributed by atoms with E-state index in [-0.39, 0.29) is 40.4 Å². The van der Waals surface area contributed by atoms with Crippen LogP contribution in [-0.2, 0) is 14.9 Å². The number of nitrogens with zero attached hydrogens (tertiary/aromatic N) is 4. The normalized spacial score (nSPS) is 18.0. The van der Waals surface area contributed by atoms with E-state index in [1.165, 1.54) is 20.3 Å². The number of fused-ring (bicyclic) bond motifs is 1. The zero-order valence-electron chi connectivity index (χ0n) is 21.3. The molecule has 0 bridgehead atoms. The lowest BCUT2D eigenvalue weighted by Crippen LogP contribution is -2.44. The highest BCUT2D eigenvalue weighted by molar-refractivity contribution is 5.96. The quantitative estimate of drug-likeness (QED) is 0.405. The van der Waals surface area contributed by atoms with Gasteiger partial charge in [0, 0.05) is 36.3 Å². The summed E-state index contributed by atoms with van der Waals surface area (Å²) in [5.41, 5.74) is 7.29. The predicted molar refractivity (Wildman–Crippen MR) is 136 cm³/mol. The third-order valence-electron chi connectivity index (χ3n) is 7.12. The van der Waals surface area contributed by atoms with Gasteiger partial charge in [-0.15, -0.1) is 0 Å². The molecule has 1 aromatic carbocycles. The number of hydrogen-bond acceptors (Lipinski definition) is 7. The van der Waals surface area contributed by atoms with Gasteiger partial charge >= 0.3 is 0 Å². The third-order valence-corrected chi connectivity index (χ3v) is 7.12. The minimum absolute atomic E-state index is 0.164. The monoisotopic (exact) mass is 523 g/mol. The van der Waals surface area contributed by atoms with Crippen LogP contribution in [0.4, 0.5) is 14.6 Å². The van der Waals surface area contributed by atoms with Crippen LogP contribution in [0, 0.1) is 23.5 Å². The Morgan fingerprint density at radius 1 is 1.26 bits per heavy atom. The molecule has 1 atom stereocenters. The minimum atomic E-state index is -0.956. The predicted octanol–water partition coefficient (Wildman–Crippen LogP) is 2.96. The number of anilines is 1. The van der Waals surface area contributed by atoms with E-state index in [0.717, 1.165) is 17.1 Å². The number of ether oxygens (including phenoxy) is 3. The van der Waals surface area contributed by atoms with Gasteiger partial charge in [0.05, 0.1) is 44.4 Å². The van der Waals surface area contributed by atoms with E-state index in [1.54, 1.807) is 11.1 Å².